The van der Waals surface area contributed by atoms with Gasteiger partial charge in [-0.3, -0.25) is 4.98 Å². The first kappa shape index (κ1) is 13.2. The van der Waals surface area contributed by atoms with Crippen molar-refractivity contribution < 1.29 is 8.78 Å². The summed E-state index contributed by atoms with van der Waals surface area (Å²) in [7, 11) is 0. The molecule has 1 aromatic carbocycles. The third kappa shape index (κ3) is 2.44. The molecule has 0 aliphatic rings. The third-order valence-electron chi connectivity index (χ3n) is 2.76. The number of hydrogen-bond acceptors (Lipinski definition) is 2. The number of pyridine rings is 1. The maximum atomic E-state index is 13.1. The van der Waals surface area contributed by atoms with Crippen LogP contribution in [0.5, 0.6) is 0 Å². The number of alkyl halides is 2. The highest BCUT2D eigenvalue weighted by Crippen LogP contribution is 2.30. The van der Waals surface area contributed by atoms with Crippen LogP contribution in [0.25, 0.3) is 10.9 Å². The molecule has 5 heteroatoms. The standard InChI is InChI=1S/C13H13ClF2N2/c1-2-17-12(13(15)16)9-5-6-10(14)8-4-3-7-18-11(8)9/h3-7,12-13,17H,2H2,1H3. The number of benzene rings is 1. The number of hydrogen-bond donors (Lipinski definition) is 1. The largest absolute Gasteiger partial charge is 0.305 e. The molecule has 1 N–H and O–H groups in total. The van der Waals surface area contributed by atoms with E-state index in [-0.39, 0.29) is 0 Å². The normalized spacial score (nSPS) is 13.2. The van der Waals surface area contributed by atoms with Gasteiger partial charge in [-0.2, -0.15) is 0 Å². The summed E-state index contributed by atoms with van der Waals surface area (Å²) in [6.45, 7) is 2.26. The van der Waals surface area contributed by atoms with E-state index in [9.17, 15) is 8.78 Å². The van der Waals surface area contributed by atoms with Crippen LogP contribution < -0.4 is 5.32 Å². The van der Waals surface area contributed by atoms with Crippen LogP contribution in [-0.4, -0.2) is 18.0 Å². The molecule has 96 valence electrons. The van der Waals surface area contributed by atoms with Gasteiger partial charge in [-0.05, 0) is 24.7 Å². The number of aromatic nitrogens is 1. The summed E-state index contributed by atoms with van der Waals surface area (Å²) >= 11 is 6.04. The molecule has 0 radical (unpaired) electrons. The molecule has 0 aliphatic carbocycles. The van der Waals surface area contributed by atoms with Crippen molar-refractivity contribution in [3.63, 3.8) is 0 Å². The fourth-order valence-corrected chi connectivity index (χ4v) is 2.18. The third-order valence-corrected chi connectivity index (χ3v) is 3.09. The van der Waals surface area contributed by atoms with Gasteiger partial charge >= 0.3 is 0 Å². The quantitative estimate of drug-likeness (QED) is 0.914. The van der Waals surface area contributed by atoms with Crippen molar-refractivity contribution in [2.24, 2.45) is 0 Å². The Morgan fingerprint density at radius 1 is 1.33 bits per heavy atom. The van der Waals surface area contributed by atoms with Crippen LogP contribution in [0.2, 0.25) is 5.02 Å². The predicted molar refractivity (Wildman–Crippen MR) is 69.2 cm³/mol. The molecule has 0 saturated heterocycles. The van der Waals surface area contributed by atoms with Gasteiger partial charge in [-0.15, -0.1) is 0 Å². The Hall–Kier alpha value is -1.26. The summed E-state index contributed by atoms with van der Waals surface area (Å²) in [5.41, 5.74) is 1.00. The topological polar surface area (TPSA) is 24.9 Å². The zero-order chi connectivity index (χ0) is 13.1. The van der Waals surface area contributed by atoms with Gasteiger partial charge in [0, 0.05) is 22.2 Å². The van der Waals surface area contributed by atoms with Crippen molar-refractivity contribution in [3.05, 3.63) is 41.0 Å². The highest BCUT2D eigenvalue weighted by atomic mass is 35.5. The monoisotopic (exact) mass is 270 g/mol. The molecule has 0 aliphatic heterocycles. The van der Waals surface area contributed by atoms with E-state index in [2.05, 4.69) is 10.3 Å². The molecular weight excluding hydrogens is 258 g/mol. The minimum atomic E-state index is -2.49. The lowest BCUT2D eigenvalue weighted by Crippen LogP contribution is -2.27. The number of rotatable bonds is 4. The van der Waals surface area contributed by atoms with E-state index in [0.29, 0.717) is 28.0 Å². The van der Waals surface area contributed by atoms with E-state index >= 15 is 0 Å². The van der Waals surface area contributed by atoms with E-state index in [1.165, 1.54) is 0 Å². The van der Waals surface area contributed by atoms with Crippen LogP contribution in [0.3, 0.4) is 0 Å². The smallest absolute Gasteiger partial charge is 0.257 e. The Morgan fingerprint density at radius 3 is 2.78 bits per heavy atom. The van der Waals surface area contributed by atoms with Gasteiger partial charge in [0.05, 0.1) is 11.6 Å². The lowest BCUT2D eigenvalue weighted by molar-refractivity contribution is 0.0998. The van der Waals surface area contributed by atoms with Gasteiger partial charge in [0.15, 0.2) is 0 Å². The summed E-state index contributed by atoms with van der Waals surface area (Å²) in [5, 5.41) is 3.99. The van der Waals surface area contributed by atoms with Crippen LogP contribution in [0.4, 0.5) is 8.78 Å². The maximum absolute atomic E-state index is 13.1. The molecule has 1 unspecified atom stereocenters. The molecular formula is C13H13ClF2N2. The SMILES string of the molecule is CCNC(c1ccc(Cl)c2cccnc12)C(F)F. The first-order chi connectivity index (χ1) is 8.65. The molecule has 2 nitrogen and oxygen atoms in total. The van der Waals surface area contributed by atoms with Crippen molar-refractivity contribution >= 4 is 22.5 Å². The Labute approximate surface area is 109 Å². The van der Waals surface area contributed by atoms with Gasteiger partial charge in [-0.25, -0.2) is 8.78 Å². The van der Waals surface area contributed by atoms with Gasteiger partial charge < -0.3 is 5.32 Å². The van der Waals surface area contributed by atoms with Gasteiger partial charge in [-0.1, -0.05) is 24.6 Å². The van der Waals surface area contributed by atoms with Crippen LogP contribution >= 0.6 is 11.6 Å². The molecule has 2 aromatic rings. The number of halogens is 3. The van der Waals surface area contributed by atoms with Crippen molar-refractivity contribution in [2.45, 2.75) is 19.4 Å². The summed E-state index contributed by atoms with van der Waals surface area (Å²) in [6, 6.07) is 5.74. The summed E-state index contributed by atoms with van der Waals surface area (Å²) in [5.74, 6) is 0. The molecule has 0 fully saturated rings. The van der Waals surface area contributed by atoms with E-state index < -0.39 is 12.5 Å². The van der Waals surface area contributed by atoms with Crippen LogP contribution in [0.15, 0.2) is 30.5 Å². The molecule has 1 atom stereocenters. The molecule has 0 amide bonds. The van der Waals surface area contributed by atoms with E-state index in [4.69, 9.17) is 11.6 Å². The van der Waals surface area contributed by atoms with Crippen molar-refractivity contribution in [2.75, 3.05) is 6.54 Å². The second kappa shape index (κ2) is 5.59. The Morgan fingerprint density at radius 2 is 2.11 bits per heavy atom. The molecule has 0 bridgehead atoms. The zero-order valence-corrected chi connectivity index (χ0v) is 10.6. The molecule has 0 saturated carbocycles. The Balaban J connectivity index is 2.59. The van der Waals surface area contributed by atoms with Crippen molar-refractivity contribution in [1.82, 2.24) is 10.3 Å². The lowest BCUT2D eigenvalue weighted by atomic mass is 10.0. The minimum Gasteiger partial charge on any atom is -0.305 e. The highest BCUT2D eigenvalue weighted by Gasteiger charge is 2.24. The minimum absolute atomic E-state index is 0.464. The molecule has 1 heterocycles. The van der Waals surface area contributed by atoms with E-state index in [1.807, 2.05) is 0 Å². The van der Waals surface area contributed by atoms with Gasteiger partial charge in [0.1, 0.15) is 0 Å². The van der Waals surface area contributed by atoms with Crippen molar-refractivity contribution in [1.29, 1.82) is 0 Å². The summed E-state index contributed by atoms with van der Waals surface area (Å²) in [4.78, 5) is 4.17. The zero-order valence-electron chi connectivity index (χ0n) is 9.83. The van der Waals surface area contributed by atoms with Crippen molar-refractivity contribution in [3.8, 4) is 0 Å². The molecule has 2 rings (SSSR count). The second-order valence-corrected chi connectivity index (χ2v) is 4.31. The first-order valence-electron chi connectivity index (χ1n) is 5.69. The van der Waals surface area contributed by atoms with E-state index in [0.717, 1.165) is 0 Å². The molecule has 0 spiro atoms. The number of nitrogens with zero attached hydrogens (tertiary/aromatic N) is 1. The number of fused-ring (bicyclic) bond motifs is 1. The molecule has 1 aromatic heterocycles. The predicted octanol–water partition coefficient (Wildman–Crippen LogP) is 3.80. The fourth-order valence-electron chi connectivity index (χ4n) is 1.97. The highest BCUT2D eigenvalue weighted by molar-refractivity contribution is 6.35. The average Bonchev–Trinajstić information content (AvgIpc) is 2.37. The van der Waals surface area contributed by atoms with Gasteiger partial charge in [0.2, 0.25) is 0 Å². The van der Waals surface area contributed by atoms with Gasteiger partial charge in [0.25, 0.3) is 6.43 Å². The Kier molecular flexibility index (Phi) is 4.09. The van der Waals surface area contributed by atoms with E-state index in [1.54, 1.807) is 37.4 Å². The summed E-state index contributed by atoms with van der Waals surface area (Å²) < 4.78 is 26.2. The lowest BCUT2D eigenvalue weighted by Gasteiger charge is -2.19. The number of nitrogens with one attached hydrogen (secondary N) is 1. The Bertz CT molecular complexity index is 546. The molecule has 18 heavy (non-hydrogen) atoms. The summed E-state index contributed by atoms with van der Waals surface area (Å²) in [6.07, 6.45) is -0.910. The first-order valence-corrected chi connectivity index (χ1v) is 6.07. The van der Waals surface area contributed by atoms with Crippen LogP contribution in [0.1, 0.15) is 18.5 Å². The van der Waals surface area contributed by atoms with Crippen LogP contribution in [-0.2, 0) is 0 Å². The fraction of sp³-hybridized carbons (Fsp3) is 0.308. The van der Waals surface area contributed by atoms with Crippen LogP contribution in [0, 0.1) is 0 Å². The average molecular weight is 271 g/mol. The maximum Gasteiger partial charge on any atom is 0.257 e. The second-order valence-electron chi connectivity index (χ2n) is 3.91.